The summed E-state index contributed by atoms with van der Waals surface area (Å²) in [6.07, 6.45) is 3.11. The van der Waals surface area contributed by atoms with Crippen molar-refractivity contribution < 1.29 is 14.2 Å². The molecule has 5 heteroatoms. The second kappa shape index (κ2) is 5.05. The standard InChI is InChI=1S/C15H11FN2O2/c16-11-4-3-5-12(8-11)20-13-9-17-18(10-13)14-6-1-2-7-15(14)19/h1-10,19H. The third kappa shape index (κ3) is 2.47. The summed E-state index contributed by atoms with van der Waals surface area (Å²) < 4.78 is 20.0. The maximum atomic E-state index is 13.1. The van der Waals surface area contributed by atoms with Crippen LogP contribution in [0.1, 0.15) is 0 Å². The van der Waals surface area contributed by atoms with Crippen LogP contribution in [-0.2, 0) is 0 Å². The van der Waals surface area contributed by atoms with Crippen molar-refractivity contribution in [3.8, 4) is 22.9 Å². The Morgan fingerprint density at radius 3 is 2.70 bits per heavy atom. The van der Waals surface area contributed by atoms with E-state index < -0.39 is 0 Å². The molecule has 2 aromatic carbocycles. The summed E-state index contributed by atoms with van der Waals surface area (Å²) in [5.41, 5.74) is 0.543. The number of aromatic nitrogens is 2. The number of phenolic OH excluding ortho intramolecular Hbond substituents is 1. The summed E-state index contributed by atoms with van der Waals surface area (Å²) in [5, 5.41) is 13.9. The van der Waals surface area contributed by atoms with Gasteiger partial charge >= 0.3 is 0 Å². The van der Waals surface area contributed by atoms with Crippen molar-refractivity contribution in [3.63, 3.8) is 0 Å². The van der Waals surface area contributed by atoms with Crippen LogP contribution in [-0.4, -0.2) is 14.9 Å². The molecule has 1 heterocycles. The first-order valence-electron chi connectivity index (χ1n) is 5.99. The van der Waals surface area contributed by atoms with Crippen LogP contribution in [0.25, 0.3) is 5.69 Å². The highest BCUT2D eigenvalue weighted by Crippen LogP contribution is 2.25. The Balaban J connectivity index is 1.86. The lowest BCUT2D eigenvalue weighted by atomic mass is 10.3. The van der Waals surface area contributed by atoms with Gasteiger partial charge in [-0.25, -0.2) is 9.07 Å². The zero-order valence-electron chi connectivity index (χ0n) is 10.4. The Morgan fingerprint density at radius 1 is 1.05 bits per heavy atom. The number of ether oxygens (including phenoxy) is 1. The van der Waals surface area contributed by atoms with Crippen LogP contribution in [0.4, 0.5) is 4.39 Å². The molecule has 1 N–H and O–H groups in total. The van der Waals surface area contributed by atoms with E-state index in [0.717, 1.165) is 0 Å². The molecule has 0 amide bonds. The van der Waals surface area contributed by atoms with Crippen molar-refractivity contribution in [1.82, 2.24) is 9.78 Å². The quantitative estimate of drug-likeness (QED) is 0.792. The van der Waals surface area contributed by atoms with Crippen molar-refractivity contribution >= 4 is 0 Å². The largest absolute Gasteiger partial charge is 0.506 e. The summed E-state index contributed by atoms with van der Waals surface area (Å²) in [6, 6.07) is 12.7. The number of phenols is 1. The molecule has 1 aromatic heterocycles. The van der Waals surface area contributed by atoms with Gasteiger partial charge in [0.15, 0.2) is 5.75 Å². The number of halogens is 1. The van der Waals surface area contributed by atoms with Crippen molar-refractivity contribution in [2.24, 2.45) is 0 Å². The highest BCUT2D eigenvalue weighted by molar-refractivity contribution is 5.45. The third-order valence-corrected chi connectivity index (χ3v) is 2.72. The van der Waals surface area contributed by atoms with Crippen molar-refractivity contribution in [3.05, 3.63) is 66.7 Å². The molecule has 100 valence electrons. The van der Waals surface area contributed by atoms with Gasteiger partial charge in [0.05, 0.1) is 12.4 Å². The average molecular weight is 270 g/mol. The van der Waals surface area contributed by atoms with Gasteiger partial charge in [0.2, 0.25) is 0 Å². The monoisotopic (exact) mass is 270 g/mol. The van der Waals surface area contributed by atoms with E-state index in [-0.39, 0.29) is 11.6 Å². The zero-order chi connectivity index (χ0) is 13.9. The van der Waals surface area contributed by atoms with Crippen molar-refractivity contribution in [2.45, 2.75) is 0 Å². The van der Waals surface area contributed by atoms with E-state index in [2.05, 4.69) is 5.10 Å². The number of nitrogens with zero attached hydrogens (tertiary/aromatic N) is 2. The van der Waals surface area contributed by atoms with Crippen LogP contribution >= 0.6 is 0 Å². The van der Waals surface area contributed by atoms with Gasteiger partial charge < -0.3 is 9.84 Å². The van der Waals surface area contributed by atoms with E-state index in [1.807, 2.05) is 0 Å². The molecule has 0 spiro atoms. The maximum absolute atomic E-state index is 13.1. The summed E-state index contributed by atoms with van der Waals surface area (Å²) >= 11 is 0. The molecule has 0 saturated carbocycles. The lowest BCUT2D eigenvalue weighted by molar-refractivity contribution is 0.469. The molecule has 0 saturated heterocycles. The minimum atomic E-state index is -0.365. The van der Waals surface area contributed by atoms with E-state index in [4.69, 9.17) is 4.74 Å². The second-order valence-electron chi connectivity index (χ2n) is 4.17. The van der Waals surface area contributed by atoms with Gasteiger partial charge in [-0.05, 0) is 24.3 Å². The van der Waals surface area contributed by atoms with Gasteiger partial charge in [0, 0.05) is 6.07 Å². The van der Waals surface area contributed by atoms with Crippen LogP contribution < -0.4 is 4.74 Å². The Morgan fingerprint density at radius 2 is 1.90 bits per heavy atom. The molecule has 0 fully saturated rings. The first-order valence-corrected chi connectivity index (χ1v) is 5.99. The predicted molar refractivity (Wildman–Crippen MR) is 71.7 cm³/mol. The molecule has 3 rings (SSSR count). The number of hydrogen-bond donors (Lipinski definition) is 1. The Labute approximate surface area is 114 Å². The number of aromatic hydroxyl groups is 1. The van der Waals surface area contributed by atoms with Gasteiger partial charge in [0.25, 0.3) is 0 Å². The van der Waals surface area contributed by atoms with Crippen LogP contribution in [0, 0.1) is 5.82 Å². The van der Waals surface area contributed by atoms with E-state index in [1.165, 1.54) is 23.0 Å². The van der Waals surface area contributed by atoms with Crippen molar-refractivity contribution in [2.75, 3.05) is 0 Å². The lowest BCUT2D eigenvalue weighted by Crippen LogP contribution is -1.93. The Bertz CT molecular complexity index is 740. The summed E-state index contributed by atoms with van der Waals surface area (Å²) in [6.45, 7) is 0. The van der Waals surface area contributed by atoms with E-state index in [0.29, 0.717) is 17.2 Å². The number of rotatable bonds is 3. The fraction of sp³-hybridized carbons (Fsp3) is 0. The fourth-order valence-electron chi connectivity index (χ4n) is 1.82. The minimum Gasteiger partial charge on any atom is -0.506 e. The zero-order valence-corrected chi connectivity index (χ0v) is 10.4. The molecule has 0 unspecified atom stereocenters. The van der Waals surface area contributed by atoms with E-state index in [1.54, 1.807) is 42.6 Å². The summed E-state index contributed by atoms with van der Waals surface area (Å²) in [5.74, 6) is 0.601. The molecular weight excluding hydrogens is 259 g/mol. The van der Waals surface area contributed by atoms with E-state index >= 15 is 0 Å². The summed E-state index contributed by atoms with van der Waals surface area (Å²) in [7, 11) is 0. The van der Waals surface area contributed by atoms with Gasteiger partial charge in [-0.1, -0.05) is 18.2 Å². The topological polar surface area (TPSA) is 47.3 Å². The molecule has 20 heavy (non-hydrogen) atoms. The van der Waals surface area contributed by atoms with Crippen LogP contribution in [0.5, 0.6) is 17.2 Å². The molecule has 0 aliphatic heterocycles. The molecule has 0 atom stereocenters. The first kappa shape index (κ1) is 12.2. The normalized spacial score (nSPS) is 10.4. The molecule has 0 aliphatic carbocycles. The van der Waals surface area contributed by atoms with E-state index in [9.17, 15) is 9.50 Å². The van der Waals surface area contributed by atoms with Crippen LogP contribution in [0.15, 0.2) is 60.9 Å². The van der Waals surface area contributed by atoms with Crippen LogP contribution in [0.2, 0.25) is 0 Å². The molecular formula is C15H11FN2O2. The van der Waals surface area contributed by atoms with Crippen LogP contribution in [0.3, 0.4) is 0 Å². The second-order valence-corrected chi connectivity index (χ2v) is 4.17. The van der Waals surface area contributed by atoms with Crippen molar-refractivity contribution in [1.29, 1.82) is 0 Å². The van der Waals surface area contributed by atoms with Gasteiger partial charge in [0.1, 0.15) is 23.0 Å². The average Bonchev–Trinajstić information content (AvgIpc) is 2.87. The number of benzene rings is 2. The highest BCUT2D eigenvalue weighted by Gasteiger charge is 2.06. The molecule has 0 radical (unpaired) electrons. The summed E-state index contributed by atoms with van der Waals surface area (Å²) in [4.78, 5) is 0. The molecule has 3 aromatic rings. The molecule has 4 nitrogen and oxygen atoms in total. The Hall–Kier alpha value is -2.82. The predicted octanol–water partition coefficient (Wildman–Crippen LogP) is 3.51. The smallest absolute Gasteiger partial charge is 0.165 e. The molecule has 0 bridgehead atoms. The number of para-hydroxylation sites is 2. The van der Waals surface area contributed by atoms with Gasteiger partial charge in [-0.2, -0.15) is 5.10 Å². The lowest BCUT2D eigenvalue weighted by Gasteiger charge is -2.03. The maximum Gasteiger partial charge on any atom is 0.165 e. The minimum absolute atomic E-state index is 0.118. The molecule has 0 aliphatic rings. The Kier molecular flexibility index (Phi) is 3.09. The van der Waals surface area contributed by atoms with Gasteiger partial charge in [-0.15, -0.1) is 0 Å². The fourth-order valence-corrected chi connectivity index (χ4v) is 1.82. The SMILES string of the molecule is Oc1ccccc1-n1cc(Oc2cccc(F)c2)cn1. The van der Waals surface area contributed by atoms with Gasteiger partial charge in [-0.3, -0.25) is 0 Å². The highest BCUT2D eigenvalue weighted by atomic mass is 19.1. The first-order chi connectivity index (χ1) is 9.72. The third-order valence-electron chi connectivity index (χ3n) is 2.72. The number of hydrogen-bond acceptors (Lipinski definition) is 3.